The monoisotopic (exact) mass is 254 g/mol. The number of para-hydroxylation sites is 1. The van der Waals surface area contributed by atoms with Gasteiger partial charge in [-0.25, -0.2) is 4.68 Å². The van der Waals surface area contributed by atoms with Gasteiger partial charge in [-0.15, -0.1) is 0 Å². The van der Waals surface area contributed by atoms with Crippen molar-refractivity contribution in [1.82, 2.24) is 9.78 Å². The van der Waals surface area contributed by atoms with Gasteiger partial charge in [0.15, 0.2) is 0 Å². The van der Waals surface area contributed by atoms with Gasteiger partial charge in [-0.1, -0.05) is 41.4 Å². The van der Waals surface area contributed by atoms with Crippen molar-refractivity contribution < 1.29 is 0 Å². The normalized spacial score (nSPS) is 10.1. The summed E-state index contributed by atoms with van der Waals surface area (Å²) >= 11 is 11.0. The lowest BCUT2D eigenvalue weighted by Gasteiger charge is -1.99. The molecule has 2 rings (SSSR count). The Hall–Kier alpha value is -1.45. The number of hydrogen-bond acceptors (Lipinski definition) is 1. The van der Waals surface area contributed by atoms with Gasteiger partial charge >= 0.3 is 0 Å². The highest BCUT2D eigenvalue weighted by Gasteiger charge is 2.02. The highest BCUT2D eigenvalue weighted by Crippen LogP contribution is 2.11. The van der Waals surface area contributed by atoms with Crippen LogP contribution in [0, 0.1) is 0 Å². The fourth-order valence-electron chi connectivity index (χ4n) is 1.37. The molecule has 0 atom stereocenters. The van der Waals surface area contributed by atoms with Gasteiger partial charge in [0.1, 0.15) is 4.49 Å². The van der Waals surface area contributed by atoms with Crippen molar-refractivity contribution in [2.45, 2.75) is 0 Å². The molecule has 5 heteroatoms. The molecule has 3 nitrogen and oxygen atoms in total. The number of H-pyrrole nitrogens is 1. The first-order chi connectivity index (χ1) is 7.66. The Bertz CT molecular complexity index is 565. The molecule has 0 spiro atoms. The lowest BCUT2D eigenvalue weighted by molar-refractivity contribution is 0.845. The second-order valence-electron chi connectivity index (χ2n) is 3.15. The number of nitrogens with zero attached hydrogens (tertiary/aromatic N) is 1. The predicted octanol–water partition coefficient (Wildman–Crippen LogP) is 2.94. The van der Waals surface area contributed by atoms with Gasteiger partial charge in [-0.2, -0.15) is 0 Å². The molecule has 2 aromatic rings. The van der Waals surface area contributed by atoms with E-state index in [1.54, 1.807) is 0 Å². The van der Waals surface area contributed by atoms with E-state index in [0.717, 1.165) is 5.69 Å². The van der Waals surface area contributed by atoms with Crippen LogP contribution in [0.3, 0.4) is 0 Å². The van der Waals surface area contributed by atoms with Crippen LogP contribution in [0.4, 0.5) is 0 Å². The average Bonchev–Trinajstić information content (AvgIpc) is 2.60. The molecular formula is C11H8Cl2N2O. The first-order valence-corrected chi connectivity index (χ1v) is 5.32. The van der Waals surface area contributed by atoms with Crippen LogP contribution in [-0.4, -0.2) is 9.78 Å². The van der Waals surface area contributed by atoms with E-state index in [2.05, 4.69) is 5.10 Å². The highest BCUT2D eigenvalue weighted by molar-refractivity contribution is 6.57. The molecule has 0 aliphatic carbocycles. The van der Waals surface area contributed by atoms with Gasteiger partial charge in [-0.3, -0.25) is 9.89 Å². The molecule has 0 bridgehead atoms. The minimum Gasteiger partial charge on any atom is -0.291 e. The van der Waals surface area contributed by atoms with E-state index in [1.165, 1.54) is 16.8 Å². The van der Waals surface area contributed by atoms with Crippen molar-refractivity contribution in [1.29, 1.82) is 0 Å². The van der Waals surface area contributed by atoms with E-state index in [-0.39, 0.29) is 10.1 Å². The largest absolute Gasteiger partial charge is 0.291 e. The average molecular weight is 255 g/mol. The molecule has 1 N–H and O–H groups in total. The third-order valence-electron chi connectivity index (χ3n) is 2.02. The zero-order valence-corrected chi connectivity index (χ0v) is 9.66. The maximum absolute atomic E-state index is 11.6. The number of aromatic amines is 1. The summed E-state index contributed by atoms with van der Waals surface area (Å²) in [7, 11) is 0. The summed E-state index contributed by atoms with van der Waals surface area (Å²) in [6.07, 6.45) is 1.48. The first-order valence-electron chi connectivity index (χ1n) is 4.57. The van der Waals surface area contributed by atoms with E-state index < -0.39 is 0 Å². The first kappa shape index (κ1) is 11.0. The molecule has 0 aliphatic rings. The van der Waals surface area contributed by atoms with Gasteiger partial charge < -0.3 is 0 Å². The van der Waals surface area contributed by atoms with Crippen LogP contribution >= 0.6 is 23.2 Å². The molecule has 1 heterocycles. The maximum atomic E-state index is 11.6. The fraction of sp³-hybridized carbons (Fsp3) is 0. The zero-order valence-electron chi connectivity index (χ0n) is 8.15. The van der Waals surface area contributed by atoms with Crippen LogP contribution in [-0.2, 0) is 0 Å². The van der Waals surface area contributed by atoms with E-state index in [4.69, 9.17) is 23.2 Å². The molecular weight excluding hydrogens is 247 g/mol. The van der Waals surface area contributed by atoms with Crippen LogP contribution in [0.2, 0.25) is 0 Å². The topological polar surface area (TPSA) is 37.8 Å². The van der Waals surface area contributed by atoms with Crippen molar-refractivity contribution in [3.8, 4) is 5.69 Å². The van der Waals surface area contributed by atoms with Crippen LogP contribution in [0.15, 0.2) is 45.7 Å². The van der Waals surface area contributed by atoms with Gasteiger partial charge in [0.2, 0.25) is 0 Å². The molecule has 82 valence electrons. The molecule has 0 unspecified atom stereocenters. The van der Waals surface area contributed by atoms with Crippen LogP contribution in [0.1, 0.15) is 5.69 Å². The number of aromatic nitrogens is 2. The van der Waals surface area contributed by atoms with Crippen LogP contribution < -0.4 is 5.56 Å². The number of hydrogen-bond donors (Lipinski definition) is 1. The van der Waals surface area contributed by atoms with E-state index >= 15 is 0 Å². The fourth-order valence-corrected chi connectivity index (χ4v) is 1.61. The second-order valence-corrected chi connectivity index (χ2v) is 4.16. The Kier molecular flexibility index (Phi) is 3.17. The van der Waals surface area contributed by atoms with Crippen LogP contribution in [0.25, 0.3) is 11.8 Å². The molecule has 0 amide bonds. The zero-order chi connectivity index (χ0) is 11.5. The Morgan fingerprint density at radius 3 is 2.56 bits per heavy atom. The Morgan fingerprint density at radius 2 is 1.94 bits per heavy atom. The van der Waals surface area contributed by atoms with Crippen molar-refractivity contribution in [3.63, 3.8) is 0 Å². The molecule has 0 aliphatic heterocycles. The summed E-state index contributed by atoms with van der Waals surface area (Å²) in [5.74, 6) is 0. The molecule has 0 radical (unpaired) electrons. The van der Waals surface area contributed by atoms with Crippen molar-refractivity contribution in [3.05, 3.63) is 56.9 Å². The van der Waals surface area contributed by atoms with Gasteiger partial charge in [0.05, 0.1) is 11.4 Å². The standard InChI is InChI=1S/C11H8Cl2N2O/c12-10(13)6-8-7-11(16)15(14-8)9-4-2-1-3-5-9/h1-7,14H. The summed E-state index contributed by atoms with van der Waals surface area (Å²) in [5.41, 5.74) is 1.17. The molecule has 1 aromatic heterocycles. The summed E-state index contributed by atoms with van der Waals surface area (Å²) in [6, 6.07) is 10.7. The van der Waals surface area contributed by atoms with E-state index in [0.29, 0.717) is 5.69 Å². The lowest BCUT2D eigenvalue weighted by Crippen LogP contribution is -2.12. The third kappa shape index (κ3) is 2.38. The van der Waals surface area contributed by atoms with Gasteiger partial charge in [-0.05, 0) is 18.2 Å². The number of halogens is 2. The quantitative estimate of drug-likeness (QED) is 0.880. The number of rotatable bonds is 2. The molecule has 16 heavy (non-hydrogen) atoms. The van der Waals surface area contributed by atoms with Gasteiger partial charge in [0.25, 0.3) is 5.56 Å². The minimum absolute atomic E-state index is 0.0986. The Morgan fingerprint density at radius 1 is 1.25 bits per heavy atom. The number of benzene rings is 1. The smallest absolute Gasteiger partial charge is 0.271 e. The van der Waals surface area contributed by atoms with Gasteiger partial charge in [0, 0.05) is 6.07 Å². The van der Waals surface area contributed by atoms with Crippen molar-refractivity contribution >= 4 is 29.3 Å². The lowest BCUT2D eigenvalue weighted by atomic mass is 10.3. The molecule has 0 saturated carbocycles. The molecule has 0 fully saturated rings. The Labute approximate surface area is 102 Å². The highest BCUT2D eigenvalue weighted by atomic mass is 35.5. The Balaban J connectivity index is 2.48. The van der Waals surface area contributed by atoms with Crippen LogP contribution in [0.5, 0.6) is 0 Å². The van der Waals surface area contributed by atoms with E-state index in [1.807, 2.05) is 30.3 Å². The maximum Gasteiger partial charge on any atom is 0.271 e. The summed E-state index contributed by atoms with van der Waals surface area (Å²) in [4.78, 5) is 11.6. The summed E-state index contributed by atoms with van der Waals surface area (Å²) in [5, 5.41) is 2.89. The van der Waals surface area contributed by atoms with Crippen molar-refractivity contribution in [2.75, 3.05) is 0 Å². The number of nitrogens with one attached hydrogen (secondary N) is 1. The SMILES string of the molecule is O=c1cc(C=C(Cl)Cl)[nH]n1-c1ccccc1. The predicted molar refractivity (Wildman–Crippen MR) is 66.1 cm³/mol. The molecule has 1 aromatic carbocycles. The van der Waals surface area contributed by atoms with Crippen molar-refractivity contribution in [2.24, 2.45) is 0 Å². The minimum atomic E-state index is -0.160. The summed E-state index contributed by atoms with van der Waals surface area (Å²) in [6.45, 7) is 0. The second kappa shape index (κ2) is 4.60. The summed E-state index contributed by atoms with van der Waals surface area (Å²) < 4.78 is 1.52. The molecule has 0 saturated heterocycles. The third-order valence-corrected chi connectivity index (χ3v) is 2.24. The van der Waals surface area contributed by atoms with E-state index in [9.17, 15) is 4.79 Å².